The van der Waals surface area contributed by atoms with Gasteiger partial charge in [-0.2, -0.15) is 5.26 Å². The van der Waals surface area contributed by atoms with Crippen LogP contribution in [0.4, 0.5) is 4.39 Å². The Morgan fingerprint density at radius 3 is 2.60 bits per heavy atom. The van der Waals surface area contributed by atoms with E-state index in [1.807, 2.05) is 0 Å². The van der Waals surface area contributed by atoms with Crippen LogP contribution in [0.15, 0.2) is 12.1 Å². The molecule has 0 unspecified atom stereocenters. The number of methoxy groups -OCH3 is 2. The molecular weight excluding hydrogens is 201 g/mol. The van der Waals surface area contributed by atoms with E-state index in [9.17, 15) is 9.18 Å². The molecule has 0 aliphatic carbocycles. The van der Waals surface area contributed by atoms with Gasteiger partial charge in [-0.3, -0.25) is 0 Å². The number of hydrogen-bond donors (Lipinski definition) is 0. The number of carbonyl (C=O) groups excluding carboxylic acids is 1. The minimum atomic E-state index is -0.810. The van der Waals surface area contributed by atoms with Crippen molar-refractivity contribution in [1.29, 1.82) is 5.26 Å². The summed E-state index contributed by atoms with van der Waals surface area (Å²) >= 11 is 0. The Bertz CT molecular complexity index is 437. The van der Waals surface area contributed by atoms with Crippen LogP contribution in [0.5, 0.6) is 5.75 Å². The van der Waals surface area contributed by atoms with Crippen molar-refractivity contribution in [3.63, 3.8) is 0 Å². The van der Waals surface area contributed by atoms with Gasteiger partial charge in [0.25, 0.3) is 0 Å². The van der Waals surface area contributed by atoms with E-state index in [0.717, 1.165) is 19.2 Å². The van der Waals surface area contributed by atoms with E-state index in [0.29, 0.717) is 0 Å². The first-order valence-corrected chi connectivity index (χ1v) is 4.00. The first kappa shape index (κ1) is 11.0. The summed E-state index contributed by atoms with van der Waals surface area (Å²) in [5.74, 6) is -1.48. The van der Waals surface area contributed by atoms with Crippen molar-refractivity contribution in [2.45, 2.75) is 0 Å². The smallest absolute Gasteiger partial charge is 0.340 e. The summed E-state index contributed by atoms with van der Waals surface area (Å²) in [6.07, 6.45) is 0. The van der Waals surface area contributed by atoms with Gasteiger partial charge in [0.15, 0.2) is 0 Å². The molecule has 0 heterocycles. The Morgan fingerprint density at radius 2 is 2.13 bits per heavy atom. The quantitative estimate of drug-likeness (QED) is 0.692. The minimum Gasteiger partial charge on any atom is -0.495 e. The average Bonchev–Trinajstić information content (AvgIpc) is 2.27. The van der Waals surface area contributed by atoms with Crippen molar-refractivity contribution in [2.75, 3.05) is 14.2 Å². The first-order chi connectivity index (χ1) is 7.13. The molecule has 0 atom stereocenters. The first-order valence-electron chi connectivity index (χ1n) is 4.00. The van der Waals surface area contributed by atoms with Crippen molar-refractivity contribution in [3.05, 3.63) is 29.1 Å². The number of rotatable bonds is 2. The molecule has 0 radical (unpaired) electrons. The lowest BCUT2D eigenvalue weighted by atomic mass is 10.1. The molecule has 0 aromatic heterocycles. The summed E-state index contributed by atoms with van der Waals surface area (Å²) in [6, 6.07) is 3.83. The van der Waals surface area contributed by atoms with Crippen LogP contribution in [0.2, 0.25) is 0 Å². The number of halogens is 1. The molecule has 15 heavy (non-hydrogen) atoms. The van der Waals surface area contributed by atoms with Crippen LogP contribution >= 0.6 is 0 Å². The Hall–Kier alpha value is -2.09. The number of hydrogen-bond acceptors (Lipinski definition) is 4. The van der Waals surface area contributed by atoms with Crippen LogP contribution in [0.1, 0.15) is 15.9 Å². The van der Waals surface area contributed by atoms with Crippen LogP contribution in [-0.4, -0.2) is 20.2 Å². The highest BCUT2D eigenvalue weighted by Crippen LogP contribution is 2.22. The predicted octanol–water partition coefficient (Wildman–Crippen LogP) is 1.49. The van der Waals surface area contributed by atoms with E-state index < -0.39 is 11.8 Å². The van der Waals surface area contributed by atoms with E-state index in [2.05, 4.69) is 4.74 Å². The van der Waals surface area contributed by atoms with Crippen molar-refractivity contribution in [3.8, 4) is 11.8 Å². The average molecular weight is 209 g/mol. The minimum absolute atomic E-state index is 0.0302. The van der Waals surface area contributed by atoms with Crippen LogP contribution in [-0.2, 0) is 4.74 Å². The summed E-state index contributed by atoms with van der Waals surface area (Å²) < 4.78 is 22.5. The molecule has 0 N–H and O–H groups in total. The zero-order valence-corrected chi connectivity index (χ0v) is 8.20. The van der Waals surface area contributed by atoms with Gasteiger partial charge in [0, 0.05) is 0 Å². The summed E-state index contributed by atoms with van der Waals surface area (Å²) in [5, 5.41) is 8.65. The molecular formula is C10H8FNO3. The van der Waals surface area contributed by atoms with E-state index in [1.165, 1.54) is 7.11 Å². The number of benzene rings is 1. The fourth-order valence-corrected chi connectivity index (χ4v) is 1.08. The third-order valence-corrected chi connectivity index (χ3v) is 1.81. The molecule has 0 amide bonds. The highest BCUT2D eigenvalue weighted by molar-refractivity contribution is 5.90. The lowest BCUT2D eigenvalue weighted by molar-refractivity contribution is 0.0595. The van der Waals surface area contributed by atoms with E-state index >= 15 is 0 Å². The van der Waals surface area contributed by atoms with Gasteiger partial charge < -0.3 is 9.47 Å². The highest BCUT2D eigenvalue weighted by atomic mass is 19.1. The zero-order chi connectivity index (χ0) is 11.4. The molecule has 0 bridgehead atoms. The number of ether oxygens (including phenoxy) is 2. The van der Waals surface area contributed by atoms with Gasteiger partial charge in [0.1, 0.15) is 17.6 Å². The standard InChI is InChI=1S/C10H8FNO3/c1-14-9-4-7(10(13)15-2)8(11)3-6(9)5-12/h3-4H,1-2H3. The van der Waals surface area contributed by atoms with Crippen LogP contribution in [0.25, 0.3) is 0 Å². The summed E-state index contributed by atoms with van der Waals surface area (Å²) in [7, 11) is 2.47. The van der Waals surface area contributed by atoms with Gasteiger partial charge in [-0.05, 0) is 12.1 Å². The molecule has 0 saturated carbocycles. The fourth-order valence-electron chi connectivity index (χ4n) is 1.08. The Morgan fingerprint density at radius 1 is 1.47 bits per heavy atom. The predicted molar refractivity (Wildman–Crippen MR) is 49.0 cm³/mol. The zero-order valence-electron chi connectivity index (χ0n) is 8.20. The van der Waals surface area contributed by atoms with Crippen molar-refractivity contribution in [2.24, 2.45) is 0 Å². The van der Waals surface area contributed by atoms with Gasteiger partial charge in [-0.1, -0.05) is 0 Å². The topological polar surface area (TPSA) is 59.3 Å². The van der Waals surface area contributed by atoms with Crippen LogP contribution < -0.4 is 4.74 Å². The third kappa shape index (κ3) is 2.05. The van der Waals surface area contributed by atoms with Gasteiger partial charge in [0.2, 0.25) is 0 Å². The lowest BCUT2D eigenvalue weighted by Crippen LogP contribution is -2.05. The number of esters is 1. The molecule has 1 aromatic rings. The highest BCUT2D eigenvalue weighted by Gasteiger charge is 2.16. The molecule has 78 valence electrons. The summed E-state index contributed by atoms with van der Waals surface area (Å²) in [4.78, 5) is 11.1. The molecule has 5 heteroatoms. The molecule has 1 aromatic carbocycles. The summed E-state index contributed by atoms with van der Waals surface area (Å²) in [6.45, 7) is 0. The van der Waals surface area contributed by atoms with Gasteiger partial charge in [-0.25, -0.2) is 9.18 Å². The second-order valence-electron chi connectivity index (χ2n) is 2.64. The van der Waals surface area contributed by atoms with E-state index in [1.54, 1.807) is 6.07 Å². The summed E-state index contributed by atoms with van der Waals surface area (Å²) in [5.41, 5.74) is -0.226. The molecule has 0 saturated heterocycles. The maximum Gasteiger partial charge on any atom is 0.340 e. The van der Waals surface area contributed by atoms with Gasteiger partial charge in [0.05, 0.1) is 25.3 Å². The second kappa shape index (κ2) is 4.42. The number of nitrogens with zero attached hydrogens (tertiary/aromatic N) is 1. The Labute approximate surface area is 85.8 Å². The Balaban J connectivity index is 3.33. The van der Waals surface area contributed by atoms with E-state index in [4.69, 9.17) is 10.00 Å². The second-order valence-corrected chi connectivity index (χ2v) is 2.64. The molecule has 4 nitrogen and oxygen atoms in total. The fraction of sp³-hybridized carbons (Fsp3) is 0.200. The van der Waals surface area contributed by atoms with E-state index in [-0.39, 0.29) is 16.9 Å². The normalized spacial score (nSPS) is 9.20. The van der Waals surface area contributed by atoms with Crippen LogP contribution in [0.3, 0.4) is 0 Å². The maximum absolute atomic E-state index is 13.3. The van der Waals surface area contributed by atoms with Gasteiger partial charge in [-0.15, -0.1) is 0 Å². The molecule has 0 aliphatic rings. The Kier molecular flexibility index (Phi) is 3.24. The van der Waals surface area contributed by atoms with Gasteiger partial charge >= 0.3 is 5.97 Å². The largest absolute Gasteiger partial charge is 0.495 e. The SMILES string of the molecule is COC(=O)c1cc(OC)c(C#N)cc1F. The van der Waals surface area contributed by atoms with Crippen molar-refractivity contribution in [1.82, 2.24) is 0 Å². The monoisotopic (exact) mass is 209 g/mol. The third-order valence-electron chi connectivity index (χ3n) is 1.81. The molecule has 0 spiro atoms. The van der Waals surface area contributed by atoms with Crippen LogP contribution in [0, 0.1) is 17.1 Å². The number of carbonyl (C=O) groups is 1. The number of nitriles is 1. The molecule has 0 aliphatic heterocycles. The molecule has 1 rings (SSSR count). The van der Waals surface area contributed by atoms with Crippen molar-refractivity contribution < 1.29 is 18.7 Å². The maximum atomic E-state index is 13.3. The molecule has 0 fully saturated rings. The van der Waals surface area contributed by atoms with Crippen molar-refractivity contribution >= 4 is 5.97 Å². The lowest BCUT2D eigenvalue weighted by Gasteiger charge is -2.06.